The molecule has 1 aromatic heterocycles. The second kappa shape index (κ2) is 7.39. The SMILES string of the molecule is CCCOC(=O)Cc1csc(NC(=O)CBr)n1. The van der Waals surface area contributed by atoms with E-state index in [0.29, 0.717) is 17.4 Å². The van der Waals surface area contributed by atoms with Crippen LogP contribution in [0.4, 0.5) is 5.13 Å². The van der Waals surface area contributed by atoms with Crippen molar-refractivity contribution in [3.63, 3.8) is 0 Å². The first kappa shape index (κ1) is 14.1. The Hall–Kier alpha value is -0.950. The van der Waals surface area contributed by atoms with Gasteiger partial charge in [0.15, 0.2) is 5.13 Å². The summed E-state index contributed by atoms with van der Waals surface area (Å²) in [5.74, 6) is -0.463. The van der Waals surface area contributed by atoms with Crippen LogP contribution < -0.4 is 5.32 Å². The minimum Gasteiger partial charge on any atom is -0.465 e. The van der Waals surface area contributed by atoms with Gasteiger partial charge < -0.3 is 10.1 Å². The Labute approximate surface area is 112 Å². The Morgan fingerprint density at radius 2 is 2.35 bits per heavy atom. The Bertz CT molecular complexity index is 395. The van der Waals surface area contributed by atoms with Gasteiger partial charge in [0.1, 0.15) is 0 Å². The number of nitrogens with one attached hydrogen (secondary N) is 1. The molecule has 0 fully saturated rings. The van der Waals surface area contributed by atoms with Crippen LogP contribution >= 0.6 is 27.3 Å². The van der Waals surface area contributed by atoms with E-state index in [1.54, 1.807) is 5.38 Å². The monoisotopic (exact) mass is 320 g/mol. The van der Waals surface area contributed by atoms with Gasteiger partial charge in [-0.1, -0.05) is 22.9 Å². The third kappa shape index (κ3) is 5.27. The highest BCUT2D eigenvalue weighted by Crippen LogP contribution is 2.16. The number of hydrogen-bond acceptors (Lipinski definition) is 5. The van der Waals surface area contributed by atoms with Crippen LogP contribution in [0.5, 0.6) is 0 Å². The molecule has 0 aliphatic carbocycles. The van der Waals surface area contributed by atoms with Crippen molar-refractivity contribution < 1.29 is 14.3 Å². The summed E-state index contributed by atoms with van der Waals surface area (Å²) < 4.78 is 4.94. The Balaban J connectivity index is 2.45. The van der Waals surface area contributed by atoms with Crippen LogP contribution in [-0.4, -0.2) is 28.8 Å². The van der Waals surface area contributed by atoms with E-state index in [0.717, 1.165) is 6.42 Å². The second-order valence-electron chi connectivity index (χ2n) is 3.22. The zero-order chi connectivity index (χ0) is 12.7. The van der Waals surface area contributed by atoms with Gasteiger partial charge in [-0.3, -0.25) is 9.59 Å². The lowest BCUT2D eigenvalue weighted by Crippen LogP contribution is -2.12. The summed E-state index contributed by atoms with van der Waals surface area (Å²) in [5.41, 5.74) is 0.612. The summed E-state index contributed by atoms with van der Waals surface area (Å²) in [5, 5.41) is 5.05. The van der Waals surface area contributed by atoms with Crippen LogP contribution in [0.1, 0.15) is 19.0 Å². The number of alkyl halides is 1. The van der Waals surface area contributed by atoms with Crippen molar-refractivity contribution in [3.05, 3.63) is 11.1 Å². The van der Waals surface area contributed by atoms with Crippen molar-refractivity contribution in [3.8, 4) is 0 Å². The number of aromatic nitrogens is 1. The fraction of sp³-hybridized carbons (Fsp3) is 0.500. The zero-order valence-corrected chi connectivity index (χ0v) is 11.8. The van der Waals surface area contributed by atoms with E-state index in [9.17, 15) is 9.59 Å². The minimum absolute atomic E-state index is 0.140. The molecule has 0 aliphatic rings. The van der Waals surface area contributed by atoms with E-state index < -0.39 is 0 Å². The van der Waals surface area contributed by atoms with Gasteiger partial charge in [0.25, 0.3) is 0 Å². The van der Waals surface area contributed by atoms with Crippen molar-refractivity contribution in [2.75, 3.05) is 17.3 Å². The van der Waals surface area contributed by atoms with Crippen LogP contribution in [0.3, 0.4) is 0 Å². The number of esters is 1. The third-order valence-corrected chi connectivity index (χ3v) is 3.03. The molecular weight excluding hydrogens is 308 g/mol. The van der Waals surface area contributed by atoms with Crippen LogP contribution in [-0.2, 0) is 20.7 Å². The number of rotatable bonds is 6. The molecule has 17 heavy (non-hydrogen) atoms. The molecule has 1 amide bonds. The average Bonchev–Trinajstić information content (AvgIpc) is 2.73. The number of hydrogen-bond donors (Lipinski definition) is 1. The van der Waals surface area contributed by atoms with E-state index >= 15 is 0 Å². The molecule has 0 radical (unpaired) electrons. The summed E-state index contributed by atoms with van der Waals surface area (Å²) in [7, 11) is 0. The number of ether oxygens (including phenoxy) is 1. The summed E-state index contributed by atoms with van der Waals surface area (Å²) >= 11 is 4.33. The summed E-state index contributed by atoms with van der Waals surface area (Å²) in [6.07, 6.45) is 0.941. The maximum absolute atomic E-state index is 11.3. The van der Waals surface area contributed by atoms with Gasteiger partial charge in [-0.15, -0.1) is 11.3 Å². The van der Waals surface area contributed by atoms with Gasteiger partial charge >= 0.3 is 5.97 Å². The smallest absolute Gasteiger partial charge is 0.311 e. The predicted molar refractivity (Wildman–Crippen MR) is 69.5 cm³/mol. The first-order valence-electron chi connectivity index (χ1n) is 5.11. The molecule has 0 aliphatic heterocycles. The molecule has 0 atom stereocenters. The van der Waals surface area contributed by atoms with Crippen LogP contribution in [0.15, 0.2) is 5.38 Å². The number of amides is 1. The van der Waals surface area contributed by atoms with E-state index in [2.05, 4.69) is 26.2 Å². The molecule has 0 bridgehead atoms. The number of carbonyl (C=O) groups excluding carboxylic acids is 2. The molecule has 0 saturated heterocycles. The van der Waals surface area contributed by atoms with Crippen molar-refractivity contribution >= 4 is 44.3 Å². The number of thiazole rings is 1. The van der Waals surface area contributed by atoms with Crippen LogP contribution in [0.25, 0.3) is 0 Å². The largest absolute Gasteiger partial charge is 0.465 e. The predicted octanol–water partition coefficient (Wildman–Crippen LogP) is 1.97. The summed E-state index contributed by atoms with van der Waals surface area (Å²) in [6.45, 7) is 2.36. The van der Waals surface area contributed by atoms with E-state index in [4.69, 9.17) is 4.74 Å². The summed E-state index contributed by atoms with van der Waals surface area (Å²) in [4.78, 5) is 26.5. The van der Waals surface area contributed by atoms with Gasteiger partial charge in [-0.2, -0.15) is 0 Å². The van der Waals surface area contributed by atoms with Crippen LogP contribution in [0.2, 0.25) is 0 Å². The van der Waals surface area contributed by atoms with Crippen molar-refractivity contribution in [1.29, 1.82) is 0 Å². The van der Waals surface area contributed by atoms with Crippen molar-refractivity contribution in [1.82, 2.24) is 4.98 Å². The molecule has 5 nitrogen and oxygen atoms in total. The first-order valence-corrected chi connectivity index (χ1v) is 7.11. The highest BCUT2D eigenvalue weighted by Gasteiger charge is 2.09. The maximum Gasteiger partial charge on any atom is 0.311 e. The fourth-order valence-corrected chi connectivity index (χ4v) is 1.88. The van der Waals surface area contributed by atoms with Gasteiger partial charge in [0.2, 0.25) is 5.91 Å². The van der Waals surface area contributed by atoms with E-state index in [1.165, 1.54) is 11.3 Å². The molecule has 0 spiro atoms. The van der Waals surface area contributed by atoms with Crippen molar-refractivity contribution in [2.45, 2.75) is 19.8 Å². The molecule has 1 N–H and O–H groups in total. The molecule has 0 unspecified atom stereocenters. The Morgan fingerprint density at radius 1 is 1.59 bits per heavy atom. The number of nitrogens with zero attached hydrogens (tertiary/aromatic N) is 1. The highest BCUT2D eigenvalue weighted by atomic mass is 79.9. The number of carbonyl (C=O) groups is 2. The average molecular weight is 321 g/mol. The lowest BCUT2D eigenvalue weighted by Gasteiger charge is -2.00. The normalized spacial score (nSPS) is 10.0. The fourth-order valence-electron chi connectivity index (χ4n) is 1.01. The molecule has 0 aromatic carbocycles. The van der Waals surface area contributed by atoms with Crippen molar-refractivity contribution in [2.24, 2.45) is 0 Å². The lowest BCUT2D eigenvalue weighted by atomic mass is 10.3. The molecule has 1 heterocycles. The van der Waals surface area contributed by atoms with E-state index in [1.807, 2.05) is 6.92 Å². The molecule has 1 rings (SSSR count). The number of halogens is 1. The quantitative estimate of drug-likeness (QED) is 0.642. The summed E-state index contributed by atoms with van der Waals surface area (Å²) in [6, 6.07) is 0. The topological polar surface area (TPSA) is 68.3 Å². The van der Waals surface area contributed by atoms with Gasteiger partial charge in [0.05, 0.1) is 24.1 Å². The Morgan fingerprint density at radius 3 is 3.00 bits per heavy atom. The molecule has 1 aromatic rings. The third-order valence-electron chi connectivity index (χ3n) is 1.71. The highest BCUT2D eigenvalue weighted by molar-refractivity contribution is 9.09. The lowest BCUT2D eigenvalue weighted by molar-refractivity contribution is -0.142. The second-order valence-corrected chi connectivity index (χ2v) is 4.64. The van der Waals surface area contributed by atoms with E-state index in [-0.39, 0.29) is 23.6 Å². The molecular formula is C10H13BrN2O3S. The number of anilines is 1. The van der Waals surface area contributed by atoms with Crippen LogP contribution in [0, 0.1) is 0 Å². The standard InChI is InChI=1S/C10H13BrN2O3S/c1-2-3-16-9(15)4-7-6-17-10(12-7)13-8(14)5-11/h6H,2-5H2,1H3,(H,12,13,14). The maximum atomic E-state index is 11.3. The first-order chi connectivity index (χ1) is 8.15. The molecule has 94 valence electrons. The molecule has 0 saturated carbocycles. The van der Waals surface area contributed by atoms with Gasteiger partial charge in [0, 0.05) is 5.38 Å². The minimum atomic E-state index is -0.296. The van der Waals surface area contributed by atoms with Gasteiger partial charge in [-0.25, -0.2) is 4.98 Å². The molecule has 7 heteroatoms. The Kier molecular flexibility index (Phi) is 6.13. The zero-order valence-electron chi connectivity index (χ0n) is 9.36. The van der Waals surface area contributed by atoms with Gasteiger partial charge in [-0.05, 0) is 6.42 Å².